The first kappa shape index (κ1) is 13.7. The van der Waals surface area contributed by atoms with Gasteiger partial charge >= 0.3 is 0 Å². The van der Waals surface area contributed by atoms with Crippen molar-refractivity contribution in [2.24, 2.45) is 0 Å². The first-order valence-corrected chi connectivity index (χ1v) is 6.86. The maximum Gasteiger partial charge on any atom is 0.169 e. The van der Waals surface area contributed by atoms with Gasteiger partial charge in [-0.15, -0.1) is 0 Å². The fraction of sp³-hybridized carbons (Fsp3) is 0.200. The number of nitrogen functional groups attached to an aromatic ring is 1. The van der Waals surface area contributed by atoms with Crippen molar-refractivity contribution in [2.75, 3.05) is 12.3 Å². The summed E-state index contributed by atoms with van der Waals surface area (Å²) in [7, 11) is 0. The highest BCUT2D eigenvalue weighted by Gasteiger charge is 2.09. The van der Waals surface area contributed by atoms with Gasteiger partial charge in [0.1, 0.15) is 5.75 Å². The quantitative estimate of drug-likeness (QED) is 0.841. The molecule has 100 valence electrons. The summed E-state index contributed by atoms with van der Waals surface area (Å²) in [6.07, 6.45) is 0. The standard InChI is InChI=1S/C15H16BrNO2/c1-3-18-13-6-4-5-7-14(13)19-15-8-10(2)12(17)9-11(15)16/h4-9H,3,17H2,1-2H3. The number of benzene rings is 2. The zero-order valence-electron chi connectivity index (χ0n) is 10.9. The van der Waals surface area contributed by atoms with E-state index < -0.39 is 0 Å². The first-order valence-electron chi connectivity index (χ1n) is 6.07. The fourth-order valence-electron chi connectivity index (χ4n) is 1.68. The third-order valence-corrected chi connectivity index (χ3v) is 3.31. The Morgan fingerprint density at radius 2 is 1.79 bits per heavy atom. The molecule has 0 spiro atoms. The Balaban J connectivity index is 2.33. The van der Waals surface area contributed by atoms with Crippen molar-refractivity contribution in [3.8, 4) is 17.2 Å². The summed E-state index contributed by atoms with van der Waals surface area (Å²) in [6.45, 7) is 4.49. The van der Waals surface area contributed by atoms with Gasteiger partial charge in [0.2, 0.25) is 0 Å². The Morgan fingerprint density at radius 1 is 1.11 bits per heavy atom. The molecule has 2 rings (SSSR count). The molecule has 0 amide bonds. The zero-order chi connectivity index (χ0) is 13.8. The van der Waals surface area contributed by atoms with E-state index in [1.54, 1.807) is 0 Å². The van der Waals surface area contributed by atoms with E-state index in [-0.39, 0.29) is 0 Å². The molecule has 0 aromatic heterocycles. The number of para-hydroxylation sites is 2. The highest BCUT2D eigenvalue weighted by atomic mass is 79.9. The summed E-state index contributed by atoms with van der Waals surface area (Å²) in [5, 5.41) is 0. The van der Waals surface area contributed by atoms with Crippen LogP contribution in [0.15, 0.2) is 40.9 Å². The molecular weight excluding hydrogens is 306 g/mol. The largest absolute Gasteiger partial charge is 0.490 e. The normalized spacial score (nSPS) is 10.3. The number of halogens is 1. The van der Waals surface area contributed by atoms with Gasteiger partial charge in [-0.05, 0) is 59.6 Å². The highest BCUT2D eigenvalue weighted by molar-refractivity contribution is 9.10. The van der Waals surface area contributed by atoms with Crippen molar-refractivity contribution < 1.29 is 9.47 Å². The molecule has 0 heterocycles. The molecular formula is C15H16BrNO2. The summed E-state index contributed by atoms with van der Waals surface area (Å²) in [6, 6.07) is 11.3. The van der Waals surface area contributed by atoms with Crippen LogP contribution in [0.3, 0.4) is 0 Å². The van der Waals surface area contributed by atoms with Crippen LogP contribution in [0.4, 0.5) is 5.69 Å². The Morgan fingerprint density at radius 3 is 2.47 bits per heavy atom. The summed E-state index contributed by atoms with van der Waals surface area (Å²) >= 11 is 3.46. The maximum absolute atomic E-state index is 5.90. The molecule has 0 aliphatic carbocycles. The van der Waals surface area contributed by atoms with Crippen molar-refractivity contribution in [1.82, 2.24) is 0 Å². The number of rotatable bonds is 4. The molecule has 4 heteroatoms. The number of aryl methyl sites for hydroxylation is 1. The lowest BCUT2D eigenvalue weighted by Gasteiger charge is -2.13. The predicted molar refractivity (Wildman–Crippen MR) is 81.0 cm³/mol. The van der Waals surface area contributed by atoms with Crippen molar-refractivity contribution >= 4 is 21.6 Å². The monoisotopic (exact) mass is 321 g/mol. The number of ether oxygens (including phenoxy) is 2. The maximum atomic E-state index is 5.90. The minimum absolute atomic E-state index is 0.600. The molecule has 0 fully saturated rings. The Hall–Kier alpha value is -1.68. The molecule has 0 atom stereocenters. The van der Waals surface area contributed by atoms with Gasteiger partial charge in [0.15, 0.2) is 11.5 Å². The van der Waals surface area contributed by atoms with Crippen LogP contribution in [-0.2, 0) is 0 Å². The summed E-state index contributed by atoms with van der Waals surface area (Å²) < 4.78 is 12.3. The lowest BCUT2D eigenvalue weighted by atomic mass is 10.2. The van der Waals surface area contributed by atoms with Crippen LogP contribution < -0.4 is 15.2 Å². The molecule has 3 nitrogen and oxygen atoms in total. The van der Waals surface area contributed by atoms with Gasteiger partial charge in [-0.3, -0.25) is 0 Å². The van der Waals surface area contributed by atoms with E-state index in [1.807, 2.05) is 50.2 Å². The number of nitrogens with two attached hydrogens (primary N) is 1. The van der Waals surface area contributed by atoms with Gasteiger partial charge in [0.25, 0.3) is 0 Å². The van der Waals surface area contributed by atoms with E-state index in [0.29, 0.717) is 12.4 Å². The van der Waals surface area contributed by atoms with Crippen LogP contribution in [-0.4, -0.2) is 6.61 Å². The zero-order valence-corrected chi connectivity index (χ0v) is 12.5. The molecule has 2 aromatic carbocycles. The fourth-order valence-corrected chi connectivity index (χ4v) is 2.12. The SMILES string of the molecule is CCOc1ccccc1Oc1cc(C)c(N)cc1Br. The van der Waals surface area contributed by atoms with E-state index in [1.165, 1.54) is 0 Å². The predicted octanol–water partition coefficient (Wildman–Crippen LogP) is 4.53. The van der Waals surface area contributed by atoms with Crippen molar-refractivity contribution in [2.45, 2.75) is 13.8 Å². The van der Waals surface area contributed by atoms with Gasteiger partial charge in [0.05, 0.1) is 11.1 Å². The Bertz CT molecular complexity index is 584. The first-order chi connectivity index (χ1) is 9.11. The molecule has 2 aromatic rings. The van der Waals surface area contributed by atoms with Gasteiger partial charge < -0.3 is 15.2 Å². The third-order valence-electron chi connectivity index (χ3n) is 2.69. The smallest absolute Gasteiger partial charge is 0.169 e. The lowest BCUT2D eigenvalue weighted by molar-refractivity contribution is 0.321. The van der Waals surface area contributed by atoms with Crippen LogP contribution in [0.1, 0.15) is 12.5 Å². The van der Waals surface area contributed by atoms with E-state index in [0.717, 1.165) is 27.2 Å². The second kappa shape index (κ2) is 5.97. The highest BCUT2D eigenvalue weighted by Crippen LogP contribution is 2.37. The Kier molecular flexibility index (Phi) is 4.32. The number of hydrogen-bond donors (Lipinski definition) is 1. The van der Waals surface area contributed by atoms with E-state index in [2.05, 4.69) is 15.9 Å². The van der Waals surface area contributed by atoms with Gasteiger partial charge in [-0.2, -0.15) is 0 Å². The average molecular weight is 322 g/mol. The van der Waals surface area contributed by atoms with Crippen molar-refractivity contribution in [1.29, 1.82) is 0 Å². The number of anilines is 1. The summed E-state index contributed by atoms with van der Waals surface area (Å²) in [5.74, 6) is 2.14. The van der Waals surface area contributed by atoms with Gasteiger partial charge in [0, 0.05) is 5.69 Å². The second-order valence-electron chi connectivity index (χ2n) is 4.12. The average Bonchev–Trinajstić information content (AvgIpc) is 2.38. The number of hydrogen-bond acceptors (Lipinski definition) is 3. The van der Waals surface area contributed by atoms with E-state index >= 15 is 0 Å². The van der Waals surface area contributed by atoms with E-state index in [4.69, 9.17) is 15.2 Å². The molecule has 0 bridgehead atoms. The molecule has 0 unspecified atom stereocenters. The molecule has 2 N–H and O–H groups in total. The van der Waals surface area contributed by atoms with Crippen LogP contribution >= 0.6 is 15.9 Å². The van der Waals surface area contributed by atoms with Gasteiger partial charge in [-0.1, -0.05) is 12.1 Å². The van der Waals surface area contributed by atoms with Crippen LogP contribution in [0.2, 0.25) is 0 Å². The van der Waals surface area contributed by atoms with E-state index in [9.17, 15) is 0 Å². The summed E-state index contributed by atoms with van der Waals surface area (Å²) in [5.41, 5.74) is 7.56. The minimum Gasteiger partial charge on any atom is -0.490 e. The second-order valence-corrected chi connectivity index (χ2v) is 4.98. The molecule has 0 aliphatic rings. The van der Waals surface area contributed by atoms with Crippen LogP contribution in [0, 0.1) is 6.92 Å². The molecule has 0 aliphatic heterocycles. The third kappa shape index (κ3) is 3.20. The van der Waals surface area contributed by atoms with Crippen LogP contribution in [0.25, 0.3) is 0 Å². The minimum atomic E-state index is 0.600. The molecule has 0 saturated carbocycles. The molecule has 19 heavy (non-hydrogen) atoms. The molecule has 0 saturated heterocycles. The summed E-state index contributed by atoms with van der Waals surface area (Å²) in [4.78, 5) is 0. The Labute approximate surface area is 121 Å². The van der Waals surface area contributed by atoms with Crippen molar-refractivity contribution in [3.63, 3.8) is 0 Å². The van der Waals surface area contributed by atoms with Crippen LogP contribution in [0.5, 0.6) is 17.2 Å². The van der Waals surface area contributed by atoms with Gasteiger partial charge in [-0.25, -0.2) is 0 Å². The van der Waals surface area contributed by atoms with Crippen molar-refractivity contribution in [3.05, 3.63) is 46.4 Å². The molecule has 0 radical (unpaired) electrons. The topological polar surface area (TPSA) is 44.5 Å². The lowest BCUT2D eigenvalue weighted by Crippen LogP contribution is -1.96.